The van der Waals surface area contributed by atoms with Gasteiger partial charge in [0, 0.05) is 35.6 Å². The largest absolute Gasteiger partial charge is 0.416 e. The molecule has 2 aliphatic rings. The number of carbonyl (C=O) groups excluding carboxylic acids is 2. The number of nitrogens with zero attached hydrogens (tertiary/aromatic N) is 7. The first-order chi connectivity index (χ1) is 17.7. The van der Waals surface area contributed by atoms with Crippen LogP contribution in [0.25, 0.3) is 15.8 Å². The quantitative estimate of drug-likeness (QED) is 0.506. The van der Waals surface area contributed by atoms with Gasteiger partial charge in [0.15, 0.2) is 0 Å². The number of halogens is 3. The molecule has 1 aromatic carbocycles. The number of pyridine rings is 1. The molecule has 2 aliphatic heterocycles. The number of carbonyl (C=O) groups is 2. The molecule has 13 heteroatoms. The van der Waals surface area contributed by atoms with Crippen LogP contribution in [0.4, 0.5) is 23.7 Å². The highest BCUT2D eigenvalue weighted by molar-refractivity contribution is 8.09. The number of urea groups is 1. The van der Waals surface area contributed by atoms with Crippen molar-refractivity contribution in [1.29, 1.82) is 10.5 Å². The summed E-state index contributed by atoms with van der Waals surface area (Å²) in [6.45, 7) is 0.0253. The first-order valence-electron chi connectivity index (χ1n) is 10.9. The van der Waals surface area contributed by atoms with Crippen LogP contribution in [0.3, 0.4) is 0 Å². The van der Waals surface area contributed by atoms with Crippen molar-refractivity contribution >= 4 is 45.2 Å². The van der Waals surface area contributed by atoms with E-state index in [1.807, 2.05) is 6.07 Å². The van der Waals surface area contributed by atoms with Gasteiger partial charge in [0.2, 0.25) is 0 Å². The van der Waals surface area contributed by atoms with E-state index >= 15 is 0 Å². The van der Waals surface area contributed by atoms with Gasteiger partial charge in [-0.3, -0.25) is 14.5 Å². The molecule has 4 heterocycles. The van der Waals surface area contributed by atoms with Crippen LogP contribution < -0.4 is 4.90 Å². The molecule has 3 aromatic rings. The third kappa shape index (κ3) is 3.97. The van der Waals surface area contributed by atoms with Gasteiger partial charge < -0.3 is 4.90 Å². The minimum Gasteiger partial charge on any atom is -0.315 e. The minimum atomic E-state index is -4.62. The summed E-state index contributed by atoms with van der Waals surface area (Å²) in [7, 11) is 1.67. The third-order valence-electron chi connectivity index (χ3n) is 6.21. The molecule has 0 N–H and O–H groups in total. The number of anilines is 1. The monoisotopic (exact) mass is 523 g/mol. The number of fused-ring (bicyclic) bond motifs is 2. The van der Waals surface area contributed by atoms with Crippen LogP contribution in [0, 0.1) is 22.7 Å². The predicted molar refractivity (Wildman–Crippen MR) is 128 cm³/mol. The average molecular weight is 524 g/mol. The van der Waals surface area contributed by atoms with Gasteiger partial charge in [-0.1, -0.05) is 6.07 Å². The fourth-order valence-electron chi connectivity index (χ4n) is 4.51. The third-order valence-corrected chi connectivity index (χ3v) is 7.55. The molecule has 9 nitrogen and oxygen atoms in total. The first kappa shape index (κ1) is 24.3. The number of aryl methyl sites for hydroxylation is 1. The SMILES string of the molecule is Cn1ncc2cncc(N3C(=O)C4SC(c5ccc(C(F)(F)F)cc5C#N)=CC4N(CCC#N)C3=O)c21. The number of hydrogen-bond donors (Lipinski definition) is 0. The molecule has 37 heavy (non-hydrogen) atoms. The van der Waals surface area contributed by atoms with Crippen molar-refractivity contribution < 1.29 is 22.8 Å². The Hall–Kier alpha value is -4.36. The molecule has 0 saturated carbocycles. The molecule has 0 aliphatic carbocycles. The van der Waals surface area contributed by atoms with Crippen molar-refractivity contribution in [2.75, 3.05) is 11.4 Å². The summed E-state index contributed by atoms with van der Waals surface area (Å²) in [4.78, 5) is 34.3. The van der Waals surface area contributed by atoms with E-state index in [9.17, 15) is 28.0 Å². The van der Waals surface area contributed by atoms with Gasteiger partial charge in [-0.25, -0.2) is 9.69 Å². The summed E-state index contributed by atoms with van der Waals surface area (Å²) in [6, 6.07) is 5.23. The van der Waals surface area contributed by atoms with Crippen LogP contribution in [0.15, 0.2) is 42.9 Å². The molecule has 2 unspecified atom stereocenters. The van der Waals surface area contributed by atoms with Crippen LogP contribution >= 0.6 is 11.8 Å². The fourth-order valence-corrected chi connectivity index (χ4v) is 5.88. The molecule has 0 bridgehead atoms. The topological polar surface area (TPSA) is 119 Å². The van der Waals surface area contributed by atoms with E-state index in [1.54, 1.807) is 31.6 Å². The predicted octanol–water partition coefficient (Wildman–Crippen LogP) is 4.07. The summed E-state index contributed by atoms with van der Waals surface area (Å²) in [5, 5.41) is 22.7. The lowest BCUT2D eigenvalue weighted by molar-refractivity contribution is -0.137. The summed E-state index contributed by atoms with van der Waals surface area (Å²) < 4.78 is 41.1. The average Bonchev–Trinajstić information content (AvgIpc) is 3.48. The smallest absolute Gasteiger partial charge is 0.315 e. The molecule has 0 radical (unpaired) electrons. The standard InChI is InChI=1S/C24H16F3N7O2S/c1-32-20-14(11-31-32)10-30-12-18(20)34-22(35)21-17(33(23(34)36)6-2-5-28)8-19(37-21)16-4-3-15(24(25,26)27)7-13(16)9-29/h3-4,7-8,10-12,17,21H,2,6H2,1H3. The molecule has 1 fully saturated rings. The Balaban J connectivity index is 1.58. The summed E-state index contributed by atoms with van der Waals surface area (Å²) in [5.41, 5.74) is -0.179. The molecule has 1 saturated heterocycles. The number of imide groups is 1. The van der Waals surface area contributed by atoms with E-state index in [2.05, 4.69) is 10.1 Å². The summed E-state index contributed by atoms with van der Waals surface area (Å²) in [6.07, 6.45) is 1.49. The van der Waals surface area contributed by atoms with Crippen LogP contribution in [0.2, 0.25) is 0 Å². The number of benzene rings is 1. The fraction of sp³-hybridized carbons (Fsp3) is 0.250. The van der Waals surface area contributed by atoms with Crippen LogP contribution in [-0.2, 0) is 18.0 Å². The van der Waals surface area contributed by atoms with Gasteiger partial charge in [0.1, 0.15) is 5.25 Å². The van der Waals surface area contributed by atoms with Crippen LogP contribution in [-0.4, -0.2) is 49.4 Å². The lowest BCUT2D eigenvalue weighted by Gasteiger charge is -2.40. The molecule has 3 amide bonds. The molecular formula is C24H16F3N7O2S. The number of hydrogen-bond acceptors (Lipinski definition) is 7. The molecule has 186 valence electrons. The van der Waals surface area contributed by atoms with E-state index in [0.717, 1.165) is 28.8 Å². The second kappa shape index (κ2) is 8.94. The number of alkyl halides is 3. The normalized spacial score (nSPS) is 19.6. The maximum Gasteiger partial charge on any atom is 0.416 e. The zero-order valence-electron chi connectivity index (χ0n) is 19.1. The van der Waals surface area contributed by atoms with Crippen LogP contribution in [0.1, 0.15) is 23.1 Å². The highest BCUT2D eigenvalue weighted by Crippen LogP contribution is 2.47. The lowest BCUT2D eigenvalue weighted by Crippen LogP contribution is -2.62. The van der Waals surface area contributed by atoms with Gasteiger partial charge in [0.25, 0.3) is 5.91 Å². The van der Waals surface area contributed by atoms with Gasteiger partial charge in [-0.15, -0.1) is 11.8 Å². The van der Waals surface area contributed by atoms with Crippen molar-refractivity contribution in [3.63, 3.8) is 0 Å². The maximum atomic E-state index is 13.7. The van der Waals surface area contributed by atoms with Gasteiger partial charge >= 0.3 is 12.2 Å². The van der Waals surface area contributed by atoms with Crippen molar-refractivity contribution in [3.8, 4) is 12.1 Å². The summed E-state index contributed by atoms with van der Waals surface area (Å²) >= 11 is 1.07. The highest BCUT2D eigenvalue weighted by atomic mass is 32.2. The van der Waals surface area contributed by atoms with E-state index in [1.165, 1.54) is 21.8 Å². The number of amides is 3. The second-order valence-corrected chi connectivity index (χ2v) is 9.54. The Kier molecular flexibility index (Phi) is 5.88. The van der Waals surface area contributed by atoms with E-state index in [-0.39, 0.29) is 29.8 Å². The number of rotatable bonds is 4. The Morgan fingerprint density at radius 1 is 1.16 bits per heavy atom. The van der Waals surface area contributed by atoms with Crippen molar-refractivity contribution in [1.82, 2.24) is 19.7 Å². The van der Waals surface area contributed by atoms with Gasteiger partial charge in [-0.2, -0.15) is 28.8 Å². The Labute approximate surface area is 212 Å². The van der Waals surface area contributed by atoms with E-state index in [4.69, 9.17) is 5.26 Å². The summed E-state index contributed by atoms with van der Waals surface area (Å²) in [5.74, 6) is -0.541. The highest BCUT2D eigenvalue weighted by Gasteiger charge is 2.50. The van der Waals surface area contributed by atoms with Crippen molar-refractivity contribution in [2.45, 2.75) is 23.9 Å². The Morgan fingerprint density at radius 2 is 1.95 bits per heavy atom. The number of aromatic nitrogens is 3. The maximum absolute atomic E-state index is 13.7. The molecule has 2 aromatic heterocycles. The van der Waals surface area contributed by atoms with Crippen molar-refractivity contribution in [3.05, 3.63) is 59.6 Å². The first-order valence-corrected chi connectivity index (χ1v) is 11.8. The number of nitriles is 2. The Bertz CT molecular complexity index is 1570. The number of thioether (sulfide) groups is 1. The Morgan fingerprint density at radius 3 is 2.65 bits per heavy atom. The van der Waals surface area contributed by atoms with Crippen LogP contribution in [0.5, 0.6) is 0 Å². The molecule has 5 rings (SSSR count). The van der Waals surface area contributed by atoms with Crippen molar-refractivity contribution in [2.24, 2.45) is 7.05 Å². The molecule has 2 atom stereocenters. The molecular weight excluding hydrogens is 507 g/mol. The minimum absolute atomic E-state index is 0.00269. The zero-order chi connectivity index (χ0) is 26.5. The van der Waals surface area contributed by atoms with Gasteiger partial charge in [-0.05, 0) is 18.2 Å². The van der Waals surface area contributed by atoms with Gasteiger partial charge in [0.05, 0.1) is 59.3 Å². The zero-order valence-corrected chi connectivity index (χ0v) is 19.9. The van der Waals surface area contributed by atoms with E-state index in [0.29, 0.717) is 15.8 Å². The van der Waals surface area contributed by atoms with E-state index < -0.39 is 35.0 Å². The lowest BCUT2D eigenvalue weighted by atomic mass is 10.0. The second-order valence-electron chi connectivity index (χ2n) is 8.35. The molecule has 0 spiro atoms.